The Hall–Kier alpha value is -2.86. The van der Waals surface area contributed by atoms with Gasteiger partial charge in [-0.1, -0.05) is 24.3 Å². The van der Waals surface area contributed by atoms with Crippen LogP contribution in [0.4, 0.5) is 19.0 Å². The average molecular weight is 471 g/mol. The van der Waals surface area contributed by atoms with Gasteiger partial charge in [0.2, 0.25) is 10.0 Å². The highest BCUT2D eigenvalue weighted by Gasteiger charge is 2.47. The highest BCUT2D eigenvalue weighted by atomic mass is 32.2. The highest BCUT2D eigenvalue weighted by molar-refractivity contribution is 7.89. The van der Waals surface area contributed by atoms with Crippen LogP contribution in [0, 0.1) is 5.92 Å². The van der Waals surface area contributed by atoms with Crippen LogP contribution in [0.25, 0.3) is 0 Å². The van der Waals surface area contributed by atoms with Gasteiger partial charge >= 0.3 is 12.3 Å². The van der Waals surface area contributed by atoms with E-state index in [-0.39, 0.29) is 32.6 Å². The average Bonchev–Trinajstić information content (AvgIpc) is 3.14. The van der Waals surface area contributed by atoms with Crippen molar-refractivity contribution in [3.05, 3.63) is 53.7 Å². The number of carboxylic acids is 1. The van der Waals surface area contributed by atoms with Crippen LogP contribution >= 0.6 is 0 Å². The van der Waals surface area contributed by atoms with E-state index in [4.69, 9.17) is 0 Å². The van der Waals surface area contributed by atoms with Gasteiger partial charge in [-0.2, -0.15) is 4.31 Å². The second kappa shape index (κ2) is 8.24. The molecule has 1 aliphatic heterocycles. The largest absolute Gasteiger partial charge is 0.573 e. The van der Waals surface area contributed by atoms with Crippen molar-refractivity contribution in [2.45, 2.75) is 18.0 Å². The molecule has 32 heavy (non-hydrogen) atoms. The molecule has 1 aromatic heterocycles. The van der Waals surface area contributed by atoms with Gasteiger partial charge in [-0.05, 0) is 29.7 Å². The summed E-state index contributed by atoms with van der Waals surface area (Å²) in [5.41, 5.74) is 1.24. The van der Waals surface area contributed by atoms with Gasteiger partial charge in [-0.3, -0.25) is 4.79 Å². The van der Waals surface area contributed by atoms with Crippen LogP contribution in [0.2, 0.25) is 0 Å². The van der Waals surface area contributed by atoms with E-state index in [2.05, 4.69) is 9.72 Å². The Balaban J connectivity index is 1.47. The molecule has 172 valence electrons. The predicted octanol–water partition coefficient (Wildman–Crippen LogP) is 2.43. The van der Waals surface area contributed by atoms with Gasteiger partial charge in [0.15, 0.2) is 0 Å². The number of ether oxygens (including phenoxy) is 1. The SMILES string of the molecule is O=C(O)C1Cc2ccccc2C1S(=O)(=O)N1CCN(c2ccc(OC(F)(F)F)cn2)CC1. The Bertz CT molecular complexity index is 1100. The zero-order valence-electron chi connectivity index (χ0n) is 16.7. The number of aliphatic carboxylic acids is 1. The van der Waals surface area contributed by atoms with Crippen LogP contribution in [-0.2, 0) is 21.2 Å². The van der Waals surface area contributed by atoms with Gasteiger partial charge in [-0.25, -0.2) is 13.4 Å². The van der Waals surface area contributed by atoms with Crippen LogP contribution in [0.3, 0.4) is 0 Å². The molecule has 1 aliphatic carbocycles. The molecule has 2 aliphatic rings. The maximum atomic E-state index is 13.4. The second-order valence-electron chi connectivity index (χ2n) is 7.60. The molecule has 1 N–H and O–H groups in total. The molecule has 4 rings (SSSR count). The minimum Gasteiger partial charge on any atom is -0.481 e. The molecule has 0 amide bonds. The summed E-state index contributed by atoms with van der Waals surface area (Å²) in [6.07, 6.45) is -3.69. The molecule has 12 heteroatoms. The van der Waals surface area contributed by atoms with Gasteiger partial charge in [-0.15, -0.1) is 13.2 Å². The molecule has 0 saturated carbocycles. The minimum absolute atomic E-state index is 0.107. The maximum absolute atomic E-state index is 13.4. The van der Waals surface area contributed by atoms with Gasteiger partial charge in [0.1, 0.15) is 16.8 Å². The smallest absolute Gasteiger partial charge is 0.481 e. The van der Waals surface area contributed by atoms with Crippen molar-refractivity contribution in [3.8, 4) is 5.75 Å². The summed E-state index contributed by atoms with van der Waals surface area (Å²) in [5.74, 6) is -2.26. The number of piperazine rings is 1. The Labute approximate surface area is 182 Å². The Morgan fingerprint density at radius 2 is 1.78 bits per heavy atom. The lowest BCUT2D eigenvalue weighted by atomic mass is 10.1. The summed E-state index contributed by atoms with van der Waals surface area (Å²) >= 11 is 0. The standard InChI is InChI=1S/C20H20F3N3O5S/c21-20(22,23)31-14-5-6-17(24-12-14)25-7-9-26(10-8-25)32(29,30)18-15-4-2-1-3-13(15)11-16(18)19(27)28/h1-6,12,16,18H,7-11H2,(H,27,28). The number of carboxylic acid groups (broad SMARTS) is 1. The molecule has 2 atom stereocenters. The van der Waals surface area contributed by atoms with Crippen molar-refractivity contribution >= 4 is 21.8 Å². The number of halogens is 3. The monoisotopic (exact) mass is 471 g/mol. The number of hydrogen-bond donors (Lipinski definition) is 1. The first kappa shape index (κ1) is 22.3. The predicted molar refractivity (Wildman–Crippen MR) is 108 cm³/mol. The normalized spacial score (nSPS) is 21.9. The fourth-order valence-corrected chi connectivity index (χ4v) is 6.40. The van der Waals surface area contributed by atoms with E-state index in [1.807, 2.05) is 0 Å². The molecular weight excluding hydrogens is 451 g/mol. The summed E-state index contributed by atoms with van der Waals surface area (Å²) in [4.78, 5) is 17.5. The molecule has 2 heterocycles. The third-order valence-corrected chi connectivity index (χ3v) is 7.99. The molecular formula is C20H20F3N3O5S. The first-order chi connectivity index (χ1) is 15.1. The number of carbonyl (C=O) groups is 1. The number of rotatable bonds is 5. The summed E-state index contributed by atoms with van der Waals surface area (Å²) < 4.78 is 68.7. The quantitative estimate of drug-likeness (QED) is 0.715. The first-order valence-corrected chi connectivity index (χ1v) is 11.3. The number of benzene rings is 1. The van der Waals surface area contributed by atoms with E-state index in [0.29, 0.717) is 11.4 Å². The fourth-order valence-electron chi connectivity index (χ4n) is 4.23. The van der Waals surface area contributed by atoms with E-state index < -0.39 is 39.3 Å². The van der Waals surface area contributed by atoms with Gasteiger partial charge in [0, 0.05) is 26.2 Å². The molecule has 0 spiro atoms. The number of pyridine rings is 1. The lowest BCUT2D eigenvalue weighted by Gasteiger charge is -2.36. The van der Waals surface area contributed by atoms with Crippen molar-refractivity contribution < 1.29 is 36.2 Å². The third-order valence-electron chi connectivity index (χ3n) is 5.68. The van der Waals surface area contributed by atoms with Crippen LogP contribution in [0.1, 0.15) is 16.4 Å². The lowest BCUT2D eigenvalue weighted by Crippen LogP contribution is -2.50. The Morgan fingerprint density at radius 3 is 2.38 bits per heavy atom. The van der Waals surface area contributed by atoms with Gasteiger partial charge in [0.05, 0.1) is 12.1 Å². The van der Waals surface area contributed by atoms with Crippen LogP contribution in [-0.4, -0.2) is 61.3 Å². The van der Waals surface area contributed by atoms with E-state index in [1.165, 1.54) is 10.4 Å². The highest BCUT2D eigenvalue weighted by Crippen LogP contribution is 2.43. The number of fused-ring (bicyclic) bond motifs is 1. The van der Waals surface area contributed by atoms with E-state index in [1.54, 1.807) is 29.2 Å². The maximum Gasteiger partial charge on any atom is 0.573 e. The molecule has 2 unspecified atom stereocenters. The van der Waals surface area contributed by atoms with Crippen molar-refractivity contribution in [2.75, 3.05) is 31.1 Å². The molecule has 0 bridgehead atoms. The summed E-state index contributed by atoms with van der Waals surface area (Å²) in [6.45, 7) is 0.737. The van der Waals surface area contributed by atoms with Crippen LogP contribution in [0.15, 0.2) is 42.6 Å². The lowest BCUT2D eigenvalue weighted by molar-refractivity contribution is -0.274. The molecule has 8 nitrogen and oxygen atoms in total. The molecule has 1 fully saturated rings. The number of sulfonamides is 1. The molecule has 1 aromatic carbocycles. The zero-order chi connectivity index (χ0) is 23.1. The topological polar surface area (TPSA) is 100 Å². The summed E-state index contributed by atoms with van der Waals surface area (Å²) in [5, 5.41) is 8.47. The Kier molecular flexibility index (Phi) is 5.76. The summed E-state index contributed by atoms with van der Waals surface area (Å²) in [6, 6.07) is 9.37. The van der Waals surface area contributed by atoms with Crippen molar-refractivity contribution in [2.24, 2.45) is 5.92 Å². The second-order valence-corrected chi connectivity index (χ2v) is 9.65. The van der Waals surface area contributed by atoms with Crippen molar-refractivity contribution in [1.29, 1.82) is 0 Å². The minimum atomic E-state index is -4.81. The van der Waals surface area contributed by atoms with E-state index in [9.17, 15) is 31.5 Å². The van der Waals surface area contributed by atoms with Gasteiger partial charge < -0.3 is 14.7 Å². The number of alkyl halides is 3. The zero-order valence-corrected chi connectivity index (χ0v) is 17.5. The molecule has 2 aromatic rings. The summed E-state index contributed by atoms with van der Waals surface area (Å²) in [7, 11) is -3.94. The number of nitrogens with zero attached hydrogens (tertiary/aromatic N) is 3. The number of anilines is 1. The molecule has 0 radical (unpaired) electrons. The third kappa shape index (κ3) is 4.37. The van der Waals surface area contributed by atoms with Crippen molar-refractivity contribution in [3.63, 3.8) is 0 Å². The number of hydrogen-bond acceptors (Lipinski definition) is 6. The first-order valence-electron chi connectivity index (χ1n) is 9.82. The van der Waals surface area contributed by atoms with E-state index in [0.717, 1.165) is 17.8 Å². The van der Waals surface area contributed by atoms with Crippen LogP contribution < -0.4 is 9.64 Å². The van der Waals surface area contributed by atoms with E-state index >= 15 is 0 Å². The molecule has 1 saturated heterocycles. The van der Waals surface area contributed by atoms with Crippen LogP contribution in [0.5, 0.6) is 5.75 Å². The fraction of sp³-hybridized carbons (Fsp3) is 0.400. The Morgan fingerprint density at radius 1 is 1.09 bits per heavy atom. The number of aromatic nitrogens is 1. The van der Waals surface area contributed by atoms with Crippen molar-refractivity contribution in [1.82, 2.24) is 9.29 Å². The van der Waals surface area contributed by atoms with Gasteiger partial charge in [0.25, 0.3) is 0 Å².